The fourth-order valence-corrected chi connectivity index (χ4v) is 3.50. The van der Waals surface area contributed by atoms with Crippen LogP contribution in [0.5, 0.6) is 11.6 Å². The highest BCUT2D eigenvalue weighted by Gasteiger charge is 2.07. The van der Waals surface area contributed by atoms with E-state index in [1.54, 1.807) is 36.4 Å². The molecule has 0 spiro atoms. The molecule has 30 heavy (non-hydrogen) atoms. The molecule has 4 aromatic rings. The minimum atomic E-state index is -3.63. The van der Waals surface area contributed by atoms with Crippen molar-refractivity contribution in [3.63, 3.8) is 0 Å². The lowest BCUT2D eigenvalue weighted by Crippen LogP contribution is -2.08. The van der Waals surface area contributed by atoms with Crippen LogP contribution in [-0.4, -0.2) is 23.2 Å². The van der Waals surface area contributed by atoms with Gasteiger partial charge in [-0.05, 0) is 54.1 Å². The molecule has 2 aromatic carbocycles. The second-order valence-electron chi connectivity index (χ2n) is 6.31. The molecule has 4 rings (SSSR count). The summed E-state index contributed by atoms with van der Waals surface area (Å²) in [7, 11) is -3.63. The molecule has 7 nitrogen and oxygen atoms in total. The molecule has 0 aliphatic carbocycles. The number of nitrogens with zero attached hydrogens (tertiary/aromatic N) is 3. The molecule has 0 saturated carbocycles. The first-order valence-corrected chi connectivity index (χ1v) is 10.6. The minimum Gasteiger partial charge on any atom is -0.438 e. The first-order chi connectivity index (χ1) is 14.6. The van der Waals surface area contributed by atoms with E-state index in [1.807, 2.05) is 59.4 Å². The first-order valence-electron chi connectivity index (χ1n) is 9.08. The minimum absolute atomic E-state index is 0.338. The molecule has 0 bridgehead atoms. The van der Waals surface area contributed by atoms with Crippen LogP contribution in [0.15, 0.2) is 96.7 Å². The van der Waals surface area contributed by atoms with Crippen molar-refractivity contribution >= 4 is 21.8 Å². The number of hydrogen-bond donors (Lipinski definition) is 1. The maximum Gasteiger partial charge on any atom is 0.255 e. The van der Waals surface area contributed by atoms with Crippen LogP contribution in [0.25, 0.3) is 11.9 Å². The second-order valence-corrected chi connectivity index (χ2v) is 7.87. The van der Waals surface area contributed by atoms with Gasteiger partial charge in [0.2, 0.25) is 5.88 Å². The number of rotatable bonds is 7. The lowest BCUT2D eigenvalue weighted by molar-refractivity contribution is 0.454. The van der Waals surface area contributed by atoms with Gasteiger partial charge < -0.3 is 9.30 Å². The van der Waals surface area contributed by atoms with Crippen LogP contribution in [0.4, 0.5) is 5.69 Å². The molecule has 2 aromatic heterocycles. The molecule has 150 valence electrons. The van der Waals surface area contributed by atoms with Gasteiger partial charge in [0.05, 0.1) is 5.41 Å². The van der Waals surface area contributed by atoms with E-state index in [-0.39, 0.29) is 0 Å². The molecule has 8 heteroatoms. The van der Waals surface area contributed by atoms with Gasteiger partial charge in [0, 0.05) is 24.1 Å². The number of benzene rings is 2. The molecule has 0 unspecified atom stereocenters. The number of ether oxygens (including phenoxy) is 1. The van der Waals surface area contributed by atoms with Gasteiger partial charge in [-0.1, -0.05) is 30.3 Å². The van der Waals surface area contributed by atoms with Gasteiger partial charge in [-0.3, -0.25) is 4.72 Å². The SMILES string of the molecule is O=S(=O)(/C=C/c1ccccc1)Nc1ccc(Oc2ccc(-n3cccc3)nn2)cc1. The lowest BCUT2D eigenvalue weighted by Gasteiger charge is -2.08. The Balaban J connectivity index is 1.38. The molecule has 0 aliphatic heterocycles. The fraction of sp³-hybridized carbons (Fsp3) is 0. The number of aromatic nitrogens is 3. The number of nitrogens with one attached hydrogen (secondary N) is 1. The summed E-state index contributed by atoms with van der Waals surface area (Å²) in [6.45, 7) is 0. The van der Waals surface area contributed by atoms with Crippen molar-refractivity contribution in [2.45, 2.75) is 0 Å². The maximum atomic E-state index is 12.2. The largest absolute Gasteiger partial charge is 0.438 e. The van der Waals surface area contributed by atoms with Gasteiger partial charge in [0.25, 0.3) is 10.0 Å². The Morgan fingerprint density at radius 1 is 0.833 bits per heavy atom. The highest BCUT2D eigenvalue weighted by atomic mass is 32.2. The van der Waals surface area contributed by atoms with Crippen LogP contribution in [0.1, 0.15) is 5.56 Å². The van der Waals surface area contributed by atoms with Gasteiger partial charge in [0.15, 0.2) is 5.82 Å². The number of anilines is 1. The van der Waals surface area contributed by atoms with Crippen molar-refractivity contribution in [1.29, 1.82) is 0 Å². The Kier molecular flexibility index (Phi) is 5.58. The molecule has 1 N–H and O–H groups in total. The predicted octanol–water partition coefficient (Wildman–Crippen LogP) is 4.47. The molecule has 0 fully saturated rings. The normalized spacial score (nSPS) is 11.5. The van der Waals surface area contributed by atoms with E-state index < -0.39 is 10.0 Å². The van der Waals surface area contributed by atoms with Gasteiger partial charge in [-0.2, -0.15) is 0 Å². The Morgan fingerprint density at radius 2 is 1.57 bits per heavy atom. The summed E-state index contributed by atoms with van der Waals surface area (Å²) >= 11 is 0. The van der Waals surface area contributed by atoms with Gasteiger partial charge in [-0.15, -0.1) is 10.2 Å². The van der Waals surface area contributed by atoms with Crippen molar-refractivity contribution in [2.24, 2.45) is 0 Å². The molecule has 0 atom stereocenters. The summed E-state index contributed by atoms with van der Waals surface area (Å²) in [6, 6.07) is 23.1. The van der Waals surface area contributed by atoms with Crippen molar-refractivity contribution in [2.75, 3.05) is 4.72 Å². The van der Waals surface area contributed by atoms with Crippen LogP contribution < -0.4 is 9.46 Å². The summed E-state index contributed by atoms with van der Waals surface area (Å²) in [6.07, 6.45) is 5.29. The van der Waals surface area contributed by atoms with E-state index in [0.717, 1.165) is 11.0 Å². The van der Waals surface area contributed by atoms with E-state index in [2.05, 4.69) is 14.9 Å². The predicted molar refractivity (Wildman–Crippen MR) is 116 cm³/mol. The Labute approximate surface area is 174 Å². The van der Waals surface area contributed by atoms with Crippen LogP contribution in [0, 0.1) is 0 Å². The van der Waals surface area contributed by atoms with Crippen molar-refractivity contribution in [1.82, 2.24) is 14.8 Å². The van der Waals surface area contributed by atoms with Gasteiger partial charge in [0.1, 0.15) is 5.75 Å². The van der Waals surface area contributed by atoms with Crippen LogP contribution in [0.2, 0.25) is 0 Å². The van der Waals surface area contributed by atoms with Crippen molar-refractivity contribution in [3.05, 3.63) is 102 Å². The first kappa shape index (κ1) is 19.4. The monoisotopic (exact) mass is 418 g/mol. The second kappa shape index (κ2) is 8.62. The summed E-state index contributed by atoms with van der Waals surface area (Å²) in [5.41, 5.74) is 1.23. The zero-order chi connectivity index (χ0) is 20.8. The number of sulfonamides is 1. The maximum absolute atomic E-state index is 12.2. The molecule has 0 saturated heterocycles. The highest BCUT2D eigenvalue weighted by molar-refractivity contribution is 7.95. The zero-order valence-corrected chi connectivity index (χ0v) is 16.6. The summed E-state index contributed by atoms with van der Waals surface area (Å²) in [4.78, 5) is 0. The van der Waals surface area contributed by atoms with Crippen LogP contribution >= 0.6 is 0 Å². The molecule has 0 amide bonds. The molecular formula is C22H18N4O3S. The van der Waals surface area contributed by atoms with E-state index in [9.17, 15) is 8.42 Å². The van der Waals surface area contributed by atoms with Crippen LogP contribution in [-0.2, 0) is 10.0 Å². The average Bonchev–Trinajstić information content (AvgIpc) is 3.30. The van der Waals surface area contributed by atoms with Crippen LogP contribution in [0.3, 0.4) is 0 Å². The van der Waals surface area contributed by atoms with E-state index >= 15 is 0 Å². The quantitative estimate of drug-likeness (QED) is 0.478. The highest BCUT2D eigenvalue weighted by Crippen LogP contribution is 2.22. The van der Waals surface area contributed by atoms with Gasteiger partial charge >= 0.3 is 0 Å². The average molecular weight is 418 g/mol. The van der Waals surface area contributed by atoms with Crippen molar-refractivity contribution in [3.8, 4) is 17.4 Å². The summed E-state index contributed by atoms with van der Waals surface area (Å²) in [5, 5.41) is 9.30. The molecule has 0 aliphatic rings. The Hall–Kier alpha value is -3.91. The fourth-order valence-electron chi connectivity index (χ4n) is 2.63. The van der Waals surface area contributed by atoms with E-state index in [4.69, 9.17) is 4.74 Å². The van der Waals surface area contributed by atoms with Gasteiger partial charge in [-0.25, -0.2) is 8.42 Å². The smallest absolute Gasteiger partial charge is 0.255 e. The number of hydrogen-bond acceptors (Lipinski definition) is 5. The third kappa shape index (κ3) is 5.12. The zero-order valence-electron chi connectivity index (χ0n) is 15.8. The molecular weight excluding hydrogens is 400 g/mol. The Morgan fingerprint density at radius 3 is 2.23 bits per heavy atom. The molecule has 0 radical (unpaired) electrons. The standard InChI is InChI=1S/C22H18N4O3S/c27-30(28,17-14-18-6-2-1-3-7-18)25-19-8-10-20(11-9-19)29-22-13-12-21(23-24-22)26-15-4-5-16-26/h1-17,25H/b17-14+. The lowest BCUT2D eigenvalue weighted by atomic mass is 10.2. The van der Waals surface area contributed by atoms with E-state index in [0.29, 0.717) is 23.1 Å². The third-order valence-corrected chi connectivity index (χ3v) is 5.09. The van der Waals surface area contributed by atoms with E-state index in [1.165, 1.54) is 6.08 Å². The molecule has 2 heterocycles. The van der Waals surface area contributed by atoms with Crippen molar-refractivity contribution < 1.29 is 13.2 Å². The Bertz CT molecular complexity index is 1220. The third-order valence-electron chi connectivity index (χ3n) is 4.07. The topological polar surface area (TPSA) is 86.1 Å². The summed E-state index contributed by atoms with van der Waals surface area (Å²) in [5.74, 6) is 1.53. The summed E-state index contributed by atoms with van der Waals surface area (Å²) < 4.78 is 34.5.